The topological polar surface area (TPSA) is 111 Å². The Labute approximate surface area is 111 Å². The van der Waals surface area contributed by atoms with Gasteiger partial charge in [0, 0.05) is 12.4 Å². The Hall–Kier alpha value is -3.16. The van der Waals surface area contributed by atoms with Crippen molar-refractivity contribution in [3.05, 3.63) is 48.0 Å². The van der Waals surface area contributed by atoms with Crippen LogP contribution in [-0.2, 0) is 0 Å². The number of carbonyl (C=O) groups is 2. The molecule has 0 aliphatic rings. The summed E-state index contributed by atoms with van der Waals surface area (Å²) >= 11 is 0. The molecular formula is C12H7N5O3. The van der Waals surface area contributed by atoms with E-state index in [1.807, 2.05) is 0 Å². The van der Waals surface area contributed by atoms with Gasteiger partial charge in [-0.3, -0.25) is 4.79 Å². The lowest BCUT2D eigenvalue weighted by atomic mass is 10.2. The van der Waals surface area contributed by atoms with Crippen LogP contribution in [0.2, 0.25) is 0 Å². The zero-order chi connectivity index (χ0) is 14.1. The summed E-state index contributed by atoms with van der Waals surface area (Å²) in [6.45, 7) is 0. The highest BCUT2D eigenvalue weighted by Gasteiger charge is 2.23. The van der Waals surface area contributed by atoms with Gasteiger partial charge in [0.1, 0.15) is 5.52 Å². The summed E-state index contributed by atoms with van der Waals surface area (Å²) in [7, 11) is 0. The van der Waals surface area contributed by atoms with Crippen LogP contribution in [0.15, 0.2) is 36.7 Å². The molecule has 0 aliphatic heterocycles. The number of carboxylic acid groups (broad SMARTS) is 1. The van der Waals surface area contributed by atoms with Gasteiger partial charge in [-0.25, -0.2) is 14.8 Å². The minimum absolute atomic E-state index is 0.282. The van der Waals surface area contributed by atoms with Crippen LogP contribution in [0, 0.1) is 0 Å². The lowest BCUT2D eigenvalue weighted by Gasteiger charge is -2.02. The third-order valence-corrected chi connectivity index (χ3v) is 2.65. The predicted molar refractivity (Wildman–Crippen MR) is 66.2 cm³/mol. The molecule has 0 amide bonds. The molecule has 0 saturated heterocycles. The lowest BCUT2D eigenvalue weighted by Crippen LogP contribution is -2.20. The number of para-hydroxylation sites is 1. The summed E-state index contributed by atoms with van der Waals surface area (Å²) < 4.78 is 1.01. The van der Waals surface area contributed by atoms with E-state index in [9.17, 15) is 9.59 Å². The maximum absolute atomic E-state index is 12.3. The van der Waals surface area contributed by atoms with E-state index in [1.165, 1.54) is 12.4 Å². The molecule has 0 aliphatic carbocycles. The first-order valence-electron chi connectivity index (χ1n) is 5.58. The van der Waals surface area contributed by atoms with Crippen LogP contribution >= 0.6 is 0 Å². The maximum Gasteiger partial charge on any atom is 0.356 e. The summed E-state index contributed by atoms with van der Waals surface area (Å²) in [4.78, 5) is 30.8. The fourth-order valence-electron chi connectivity index (χ4n) is 1.77. The Bertz CT molecular complexity index is 827. The minimum Gasteiger partial charge on any atom is -0.476 e. The molecule has 3 aromatic rings. The van der Waals surface area contributed by atoms with Gasteiger partial charge in [0.2, 0.25) is 0 Å². The average Bonchev–Trinajstić information content (AvgIpc) is 2.90. The molecule has 0 radical (unpaired) electrons. The number of nitrogens with zero attached hydrogens (tertiary/aromatic N) is 5. The number of aromatic nitrogens is 5. The van der Waals surface area contributed by atoms with Crippen LogP contribution in [0.25, 0.3) is 11.0 Å². The van der Waals surface area contributed by atoms with Crippen LogP contribution in [0.3, 0.4) is 0 Å². The van der Waals surface area contributed by atoms with Crippen molar-refractivity contribution in [2.45, 2.75) is 0 Å². The van der Waals surface area contributed by atoms with Crippen molar-refractivity contribution < 1.29 is 14.7 Å². The Morgan fingerprint density at radius 2 is 1.75 bits per heavy atom. The molecule has 0 unspecified atom stereocenters. The summed E-state index contributed by atoms with van der Waals surface area (Å²) in [5.41, 5.74) is 0.300. The Kier molecular flexibility index (Phi) is 2.68. The first-order chi connectivity index (χ1) is 9.68. The molecule has 0 bridgehead atoms. The number of fused-ring (bicyclic) bond motifs is 1. The Morgan fingerprint density at radius 3 is 2.50 bits per heavy atom. The number of aromatic carboxylic acids is 1. The molecule has 0 saturated carbocycles. The third kappa shape index (κ3) is 1.79. The molecule has 8 nitrogen and oxygen atoms in total. The molecule has 1 N–H and O–H groups in total. The molecule has 1 aromatic carbocycles. The monoisotopic (exact) mass is 269 g/mol. The first kappa shape index (κ1) is 11.9. The number of hydrogen-bond donors (Lipinski definition) is 1. The van der Waals surface area contributed by atoms with E-state index in [0.29, 0.717) is 11.0 Å². The van der Waals surface area contributed by atoms with Crippen LogP contribution in [0.4, 0.5) is 0 Å². The highest BCUT2D eigenvalue weighted by Crippen LogP contribution is 2.12. The number of hydrogen-bond acceptors (Lipinski definition) is 6. The maximum atomic E-state index is 12.3. The van der Waals surface area contributed by atoms with E-state index in [1.54, 1.807) is 24.3 Å². The number of rotatable bonds is 2. The second-order valence-corrected chi connectivity index (χ2v) is 3.85. The number of carboxylic acids is 1. The van der Waals surface area contributed by atoms with Gasteiger partial charge in [0.15, 0.2) is 11.4 Å². The zero-order valence-electron chi connectivity index (χ0n) is 9.96. The van der Waals surface area contributed by atoms with Crippen molar-refractivity contribution in [3.63, 3.8) is 0 Å². The Morgan fingerprint density at radius 1 is 1.05 bits per heavy atom. The van der Waals surface area contributed by atoms with E-state index >= 15 is 0 Å². The first-order valence-corrected chi connectivity index (χ1v) is 5.58. The standard InChI is InChI=1S/C12H7N5O3/c18-11(9-10(12(19)20)14-6-5-13-9)17-8-4-2-1-3-7(8)15-16-17/h1-6H,(H,19,20). The van der Waals surface area contributed by atoms with Gasteiger partial charge in [-0.1, -0.05) is 17.3 Å². The van der Waals surface area contributed by atoms with Crippen molar-refractivity contribution in [1.29, 1.82) is 0 Å². The van der Waals surface area contributed by atoms with Crippen molar-refractivity contribution in [2.24, 2.45) is 0 Å². The van der Waals surface area contributed by atoms with Crippen molar-refractivity contribution in [2.75, 3.05) is 0 Å². The third-order valence-electron chi connectivity index (χ3n) is 2.65. The normalized spacial score (nSPS) is 10.6. The molecule has 8 heteroatoms. The SMILES string of the molecule is O=C(O)c1nccnc1C(=O)n1nnc2ccccc21. The zero-order valence-corrected chi connectivity index (χ0v) is 9.96. The van der Waals surface area contributed by atoms with E-state index < -0.39 is 17.6 Å². The minimum atomic E-state index is -1.33. The molecule has 0 atom stereocenters. The molecule has 0 spiro atoms. The van der Waals surface area contributed by atoms with Gasteiger partial charge in [-0.2, -0.15) is 4.68 Å². The fraction of sp³-hybridized carbons (Fsp3) is 0. The highest BCUT2D eigenvalue weighted by atomic mass is 16.4. The van der Waals surface area contributed by atoms with Gasteiger partial charge in [-0.15, -0.1) is 5.10 Å². The smallest absolute Gasteiger partial charge is 0.356 e. The molecule has 2 heterocycles. The summed E-state index contributed by atoms with van der Waals surface area (Å²) in [5.74, 6) is -2.02. The molecule has 3 rings (SSSR count). The molecule has 0 fully saturated rings. The van der Waals surface area contributed by atoms with Crippen LogP contribution in [0.5, 0.6) is 0 Å². The van der Waals surface area contributed by atoms with Crippen molar-refractivity contribution in [3.8, 4) is 0 Å². The molecule has 20 heavy (non-hydrogen) atoms. The van der Waals surface area contributed by atoms with E-state index in [0.717, 1.165) is 4.68 Å². The van der Waals surface area contributed by atoms with Gasteiger partial charge in [0.05, 0.1) is 5.52 Å². The van der Waals surface area contributed by atoms with Gasteiger partial charge < -0.3 is 5.11 Å². The van der Waals surface area contributed by atoms with Crippen LogP contribution in [0.1, 0.15) is 21.0 Å². The summed E-state index contributed by atoms with van der Waals surface area (Å²) in [6, 6.07) is 6.84. The number of benzene rings is 1. The van der Waals surface area contributed by atoms with E-state index in [-0.39, 0.29) is 5.69 Å². The van der Waals surface area contributed by atoms with Crippen molar-refractivity contribution in [1.82, 2.24) is 25.0 Å². The van der Waals surface area contributed by atoms with Gasteiger partial charge in [0.25, 0.3) is 0 Å². The Balaban J connectivity index is 2.16. The largest absolute Gasteiger partial charge is 0.476 e. The number of carbonyl (C=O) groups excluding carboxylic acids is 1. The van der Waals surface area contributed by atoms with Crippen LogP contribution < -0.4 is 0 Å². The average molecular weight is 269 g/mol. The summed E-state index contributed by atoms with van der Waals surface area (Å²) in [6.07, 6.45) is 2.46. The quantitative estimate of drug-likeness (QED) is 0.725. The molecular weight excluding hydrogens is 262 g/mol. The van der Waals surface area contributed by atoms with Gasteiger partial charge >= 0.3 is 11.9 Å². The van der Waals surface area contributed by atoms with E-state index in [4.69, 9.17) is 5.11 Å². The predicted octanol–water partition coefficient (Wildman–Crippen LogP) is 0.608. The highest BCUT2D eigenvalue weighted by molar-refractivity contribution is 6.05. The fourth-order valence-corrected chi connectivity index (χ4v) is 1.77. The van der Waals surface area contributed by atoms with Gasteiger partial charge in [-0.05, 0) is 12.1 Å². The second kappa shape index (κ2) is 4.50. The lowest BCUT2D eigenvalue weighted by molar-refractivity contribution is 0.0683. The van der Waals surface area contributed by atoms with E-state index in [2.05, 4.69) is 20.3 Å². The van der Waals surface area contributed by atoms with Crippen molar-refractivity contribution >= 4 is 22.9 Å². The summed E-state index contributed by atoms with van der Waals surface area (Å²) in [5, 5.41) is 16.6. The second-order valence-electron chi connectivity index (χ2n) is 3.85. The molecule has 2 aromatic heterocycles. The van der Waals surface area contributed by atoms with Crippen LogP contribution in [-0.4, -0.2) is 41.9 Å². The molecule has 98 valence electrons.